The number of amides is 1. The maximum Gasteiger partial charge on any atom is 0.239 e. The maximum atomic E-state index is 12.3. The zero-order chi connectivity index (χ0) is 18.1. The fraction of sp³-hybridized carbons (Fsp3) is 0.150. The van der Waals surface area contributed by atoms with Crippen LogP contribution in [0.1, 0.15) is 5.56 Å². The second-order valence-corrected chi connectivity index (χ2v) is 7.60. The third-order valence-electron chi connectivity index (χ3n) is 4.50. The lowest BCUT2D eigenvalue weighted by molar-refractivity contribution is -0.121. The monoisotopic (exact) mass is 429 g/mol. The molecule has 2 heterocycles. The number of carbonyl (C=O) groups is 1. The van der Waals surface area contributed by atoms with Crippen LogP contribution in [0.2, 0.25) is 5.02 Å². The lowest BCUT2D eigenvalue weighted by Gasteiger charge is -2.08. The van der Waals surface area contributed by atoms with Crippen LogP contribution in [-0.4, -0.2) is 22.0 Å². The van der Waals surface area contributed by atoms with Gasteiger partial charge in [0.1, 0.15) is 6.54 Å². The van der Waals surface area contributed by atoms with E-state index >= 15 is 0 Å². The highest BCUT2D eigenvalue weighted by molar-refractivity contribution is 9.10. The Hall–Kier alpha value is -2.24. The molecule has 0 radical (unpaired) electrons. The summed E-state index contributed by atoms with van der Waals surface area (Å²) in [4.78, 5) is 15.5. The van der Waals surface area contributed by atoms with E-state index in [0.717, 1.165) is 38.3 Å². The van der Waals surface area contributed by atoms with Gasteiger partial charge < -0.3 is 14.9 Å². The Kier molecular flexibility index (Phi) is 4.74. The minimum absolute atomic E-state index is 0.000323. The number of nitrogens with one attached hydrogen (secondary N) is 2. The predicted octanol–water partition coefficient (Wildman–Crippen LogP) is 4.90. The molecule has 6 heteroatoms. The second-order valence-electron chi connectivity index (χ2n) is 6.25. The SMILES string of the molecule is O=C(Cn1ccc2ccc(Br)cc21)NCCc1c[nH]c2ccc(Cl)cc12. The molecule has 0 saturated heterocycles. The molecule has 2 aromatic heterocycles. The Labute approximate surface area is 164 Å². The zero-order valence-electron chi connectivity index (χ0n) is 13.9. The summed E-state index contributed by atoms with van der Waals surface area (Å²) in [6.45, 7) is 0.890. The van der Waals surface area contributed by atoms with Gasteiger partial charge in [-0.2, -0.15) is 0 Å². The summed E-state index contributed by atoms with van der Waals surface area (Å²) in [5, 5.41) is 5.94. The van der Waals surface area contributed by atoms with E-state index in [-0.39, 0.29) is 5.91 Å². The lowest BCUT2D eigenvalue weighted by Crippen LogP contribution is -2.29. The van der Waals surface area contributed by atoms with Crippen LogP contribution in [0.3, 0.4) is 0 Å². The first kappa shape index (κ1) is 17.2. The molecule has 0 unspecified atom stereocenters. The average molecular weight is 431 g/mol. The molecule has 4 nitrogen and oxygen atoms in total. The lowest BCUT2D eigenvalue weighted by atomic mass is 10.1. The smallest absolute Gasteiger partial charge is 0.239 e. The number of hydrogen-bond acceptors (Lipinski definition) is 1. The van der Waals surface area contributed by atoms with E-state index in [1.807, 2.05) is 59.4 Å². The van der Waals surface area contributed by atoms with Crippen LogP contribution < -0.4 is 5.32 Å². The number of hydrogen-bond donors (Lipinski definition) is 2. The maximum absolute atomic E-state index is 12.3. The fourth-order valence-electron chi connectivity index (χ4n) is 3.20. The molecule has 0 spiro atoms. The van der Waals surface area contributed by atoms with Crippen molar-refractivity contribution in [1.29, 1.82) is 0 Å². The number of benzene rings is 2. The van der Waals surface area contributed by atoms with Gasteiger partial charge in [0.2, 0.25) is 5.91 Å². The van der Waals surface area contributed by atoms with Gasteiger partial charge >= 0.3 is 0 Å². The number of rotatable bonds is 5. The molecular formula is C20H17BrClN3O. The van der Waals surface area contributed by atoms with Crippen molar-refractivity contribution in [2.24, 2.45) is 0 Å². The summed E-state index contributed by atoms with van der Waals surface area (Å²) in [5.74, 6) is 0.000323. The van der Waals surface area contributed by atoms with Crippen molar-refractivity contribution < 1.29 is 4.79 Å². The van der Waals surface area contributed by atoms with E-state index < -0.39 is 0 Å². The van der Waals surface area contributed by atoms with Gasteiger partial charge in [-0.25, -0.2) is 0 Å². The van der Waals surface area contributed by atoms with Gasteiger partial charge in [-0.1, -0.05) is 33.6 Å². The standard InChI is InChI=1S/C20H17BrClN3O/c21-15-2-1-13-6-8-25(19(13)9-15)12-20(26)23-7-5-14-11-24-18-4-3-16(22)10-17(14)18/h1-4,6,8-11,24H,5,7,12H2,(H,23,26). The number of aromatic nitrogens is 2. The summed E-state index contributed by atoms with van der Waals surface area (Å²) in [6.07, 6.45) is 4.67. The molecule has 0 aliphatic rings. The molecule has 2 N–H and O–H groups in total. The molecule has 4 aromatic rings. The molecule has 0 aliphatic carbocycles. The number of fused-ring (bicyclic) bond motifs is 2. The van der Waals surface area contributed by atoms with Crippen LogP contribution in [0.25, 0.3) is 21.8 Å². The molecule has 0 atom stereocenters. The molecule has 2 aromatic carbocycles. The number of halogens is 2. The number of H-pyrrole nitrogens is 1. The first-order chi connectivity index (χ1) is 12.6. The zero-order valence-corrected chi connectivity index (χ0v) is 16.3. The summed E-state index contributed by atoms with van der Waals surface area (Å²) < 4.78 is 2.96. The number of aromatic amines is 1. The summed E-state index contributed by atoms with van der Waals surface area (Å²) in [6, 6.07) is 13.9. The van der Waals surface area contributed by atoms with Crippen LogP contribution in [0.4, 0.5) is 0 Å². The van der Waals surface area contributed by atoms with Crippen molar-refractivity contribution in [3.8, 4) is 0 Å². The van der Waals surface area contributed by atoms with Gasteiger partial charge in [-0.15, -0.1) is 0 Å². The molecule has 4 rings (SSSR count). The Bertz CT molecular complexity index is 1100. The van der Waals surface area contributed by atoms with Crippen LogP contribution in [0, 0.1) is 0 Å². The van der Waals surface area contributed by atoms with Gasteiger partial charge in [0.15, 0.2) is 0 Å². The van der Waals surface area contributed by atoms with E-state index in [1.165, 1.54) is 0 Å². The third-order valence-corrected chi connectivity index (χ3v) is 5.22. The van der Waals surface area contributed by atoms with E-state index in [9.17, 15) is 4.79 Å². The molecule has 1 amide bonds. The number of nitrogens with zero attached hydrogens (tertiary/aromatic N) is 1. The summed E-state index contributed by atoms with van der Waals surface area (Å²) in [5.41, 5.74) is 3.25. The minimum Gasteiger partial charge on any atom is -0.361 e. The minimum atomic E-state index is 0.000323. The molecule has 0 saturated carbocycles. The van der Waals surface area contributed by atoms with Gasteiger partial charge in [0.25, 0.3) is 0 Å². The Balaban J connectivity index is 1.39. The molecule has 132 valence electrons. The van der Waals surface area contributed by atoms with Crippen LogP contribution in [0.5, 0.6) is 0 Å². The molecule has 0 fully saturated rings. The Morgan fingerprint density at radius 1 is 1.19 bits per heavy atom. The van der Waals surface area contributed by atoms with Crippen LogP contribution in [0.15, 0.2) is 59.3 Å². The fourth-order valence-corrected chi connectivity index (χ4v) is 3.72. The highest BCUT2D eigenvalue weighted by Gasteiger charge is 2.08. The van der Waals surface area contributed by atoms with E-state index in [2.05, 4.69) is 26.2 Å². The predicted molar refractivity (Wildman–Crippen MR) is 110 cm³/mol. The Morgan fingerprint density at radius 2 is 2.08 bits per heavy atom. The van der Waals surface area contributed by atoms with E-state index in [0.29, 0.717) is 18.1 Å². The van der Waals surface area contributed by atoms with Crippen LogP contribution >= 0.6 is 27.5 Å². The van der Waals surface area contributed by atoms with Crippen molar-refractivity contribution in [3.63, 3.8) is 0 Å². The Morgan fingerprint density at radius 3 is 2.96 bits per heavy atom. The highest BCUT2D eigenvalue weighted by atomic mass is 79.9. The van der Waals surface area contributed by atoms with Gasteiger partial charge in [-0.05, 0) is 53.8 Å². The van der Waals surface area contributed by atoms with E-state index in [1.54, 1.807) is 0 Å². The van der Waals surface area contributed by atoms with Crippen molar-refractivity contribution in [2.75, 3.05) is 6.54 Å². The second kappa shape index (κ2) is 7.17. The van der Waals surface area contributed by atoms with Gasteiger partial charge in [0, 0.05) is 44.9 Å². The van der Waals surface area contributed by atoms with E-state index in [4.69, 9.17) is 11.6 Å². The normalized spacial score (nSPS) is 11.3. The van der Waals surface area contributed by atoms with Gasteiger partial charge in [0.05, 0.1) is 0 Å². The quantitative estimate of drug-likeness (QED) is 0.465. The van der Waals surface area contributed by atoms with Crippen molar-refractivity contribution in [2.45, 2.75) is 13.0 Å². The summed E-state index contributed by atoms with van der Waals surface area (Å²) in [7, 11) is 0. The van der Waals surface area contributed by atoms with Crippen molar-refractivity contribution in [1.82, 2.24) is 14.9 Å². The molecule has 0 bridgehead atoms. The summed E-state index contributed by atoms with van der Waals surface area (Å²) >= 11 is 9.56. The average Bonchev–Trinajstić information content (AvgIpc) is 3.19. The first-order valence-electron chi connectivity index (χ1n) is 8.37. The number of carbonyl (C=O) groups excluding carboxylic acids is 1. The molecule has 0 aliphatic heterocycles. The van der Waals surface area contributed by atoms with Crippen molar-refractivity contribution >= 4 is 55.2 Å². The highest BCUT2D eigenvalue weighted by Crippen LogP contribution is 2.23. The topological polar surface area (TPSA) is 49.8 Å². The molecule has 26 heavy (non-hydrogen) atoms. The van der Waals surface area contributed by atoms with Crippen LogP contribution in [-0.2, 0) is 17.8 Å². The first-order valence-corrected chi connectivity index (χ1v) is 9.54. The van der Waals surface area contributed by atoms with Crippen molar-refractivity contribution in [3.05, 3.63) is 69.9 Å². The molecular weight excluding hydrogens is 414 g/mol. The largest absolute Gasteiger partial charge is 0.361 e. The van der Waals surface area contributed by atoms with Gasteiger partial charge in [-0.3, -0.25) is 4.79 Å². The third kappa shape index (κ3) is 3.50.